The van der Waals surface area contributed by atoms with Crippen LogP contribution in [0.2, 0.25) is 0 Å². The van der Waals surface area contributed by atoms with Crippen molar-refractivity contribution in [1.82, 2.24) is 5.32 Å². The number of carbonyl (C=O) groups is 1. The number of nitrogens with two attached hydrogens (primary N) is 2. The molecule has 0 aliphatic rings. The molecule has 0 heterocycles. The van der Waals surface area contributed by atoms with E-state index in [1.807, 2.05) is 24.3 Å². The van der Waals surface area contributed by atoms with Crippen LogP contribution in [-0.2, 0) is 22.7 Å². The largest absolute Gasteiger partial charge is 0.380 e. The van der Waals surface area contributed by atoms with Crippen molar-refractivity contribution in [3.8, 4) is 0 Å². The second-order valence-corrected chi connectivity index (χ2v) is 3.84. The van der Waals surface area contributed by atoms with Gasteiger partial charge in [0.05, 0.1) is 12.6 Å². The van der Waals surface area contributed by atoms with Gasteiger partial charge in [-0.1, -0.05) is 24.3 Å². The molecule has 94 valence electrons. The maximum atomic E-state index is 10.7. The van der Waals surface area contributed by atoms with Gasteiger partial charge < -0.3 is 21.5 Å². The second kappa shape index (κ2) is 7.01. The van der Waals surface area contributed by atoms with Crippen LogP contribution in [0.25, 0.3) is 0 Å². The highest BCUT2D eigenvalue weighted by atomic mass is 16.5. The monoisotopic (exact) mass is 237 g/mol. The SMILES string of the molecule is COCc1ccccc1CNCC(N)C(N)=O. The summed E-state index contributed by atoms with van der Waals surface area (Å²) in [5, 5.41) is 3.10. The Bertz CT molecular complexity index is 369. The average molecular weight is 237 g/mol. The van der Waals surface area contributed by atoms with Crippen molar-refractivity contribution in [1.29, 1.82) is 0 Å². The standard InChI is InChI=1S/C12H19N3O2/c1-17-8-10-5-3-2-4-9(10)6-15-7-11(13)12(14)16/h2-5,11,15H,6-8,13H2,1H3,(H2,14,16). The van der Waals surface area contributed by atoms with Crippen molar-refractivity contribution in [2.75, 3.05) is 13.7 Å². The number of amides is 1. The number of hydrogen-bond acceptors (Lipinski definition) is 4. The minimum atomic E-state index is -0.649. The van der Waals surface area contributed by atoms with E-state index in [4.69, 9.17) is 16.2 Å². The zero-order chi connectivity index (χ0) is 12.7. The van der Waals surface area contributed by atoms with Crippen LogP contribution in [0.1, 0.15) is 11.1 Å². The lowest BCUT2D eigenvalue weighted by molar-refractivity contribution is -0.119. The maximum Gasteiger partial charge on any atom is 0.235 e. The van der Waals surface area contributed by atoms with Gasteiger partial charge in [0, 0.05) is 20.2 Å². The van der Waals surface area contributed by atoms with Crippen molar-refractivity contribution in [3.63, 3.8) is 0 Å². The Morgan fingerprint density at radius 2 is 2.06 bits per heavy atom. The van der Waals surface area contributed by atoms with E-state index < -0.39 is 11.9 Å². The number of methoxy groups -OCH3 is 1. The number of benzene rings is 1. The van der Waals surface area contributed by atoms with E-state index in [1.165, 1.54) is 0 Å². The molecular weight excluding hydrogens is 218 g/mol. The minimum absolute atomic E-state index is 0.372. The van der Waals surface area contributed by atoms with Crippen LogP contribution in [-0.4, -0.2) is 25.6 Å². The molecular formula is C12H19N3O2. The van der Waals surface area contributed by atoms with Crippen molar-refractivity contribution in [2.45, 2.75) is 19.2 Å². The first kappa shape index (κ1) is 13.6. The highest BCUT2D eigenvalue weighted by molar-refractivity contribution is 5.79. The Hall–Kier alpha value is -1.43. The van der Waals surface area contributed by atoms with Crippen LogP contribution >= 0.6 is 0 Å². The molecule has 0 saturated heterocycles. The Kier molecular flexibility index (Phi) is 5.62. The lowest BCUT2D eigenvalue weighted by Crippen LogP contribution is -2.44. The molecule has 0 radical (unpaired) electrons. The van der Waals surface area contributed by atoms with Crippen LogP contribution in [0.5, 0.6) is 0 Å². The first-order chi connectivity index (χ1) is 8.15. The summed E-state index contributed by atoms with van der Waals surface area (Å²) in [5.74, 6) is -0.498. The molecule has 1 unspecified atom stereocenters. The summed E-state index contributed by atoms with van der Waals surface area (Å²) in [6.45, 7) is 1.58. The van der Waals surface area contributed by atoms with Crippen LogP contribution in [0, 0.1) is 0 Å². The molecule has 0 fully saturated rings. The van der Waals surface area contributed by atoms with E-state index in [0.29, 0.717) is 19.7 Å². The quantitative estimate of drug-likeness (QED) is 0.609. The molecule has 0 saturated carbocycles. The molecule has 0 spiro atoms. The van der Waals surface area contributed by atoms with Gasteiger partial charge in [-0.3, -0.25) is 4.79 Å². The lowest BCUT2D eigenvalue weighted by Gasteiger charge is -2.12. The second-order valence-electron chi connectivity index (χ2n) is 3.84. The van der Waals surface area contributed by atoms with E-state index in [2.05, 4.69) is 5.32 Å². The molecule has 0 aliphatic carbocycles. The number of rotatable bonds is 7. The zero-order valence-electron chi connectivity index (χ0n) is 9.98. The Morgan fingerprint density at radius 1 is 1.41 bits per heavy atom. The smallest absolute Gasteiger partial charge is 0.235 e. The van der Waals surface area contributed by atoms with Crippen molar-refractivity contribution >= 4 is 5.91 Å². The molecule has 17 heavy (non-hydrogen) atoms. The molecule has 5 N–H and O–H groups in total. The van der Waals surface area contributed by atoms with Crippen molar-refractivity contribution in [3.05, 3.63) is 35.4 Å². The molecule has 1 amide bonds. The predicted octanol–water partition coefficient (Wildman–Crippen LogP) is -0.265. The molecule has 1 aromatic carbocycles. The Labute approximate surface area is 101 Å². The highest BCUT2D eigenvalue weighted by Gasteiger charge is 2.08. The topological polar surface area (TPSA) is 90.4 Å². The van der Waals surface area contributed by atoms with E-state index in [-0.39, 0.29) is 0 Å². The van der Waals surface area contributed by atoms with Gasteiger partial charge >= 0.3 is 0 Å². The summed E-state index contributed by atoms with van der Waals surface area (Å²) >= 11 is 0. The van der Waals surface area contributed by atoms with Gasteiger partial charge in [-0.25, -0.2) is 0 Å². The number of carbonyl (C=O) groups excluding carboxylic acids is 1. The number of hydrogen-bond donors (Lipinski definition) is 3. The van der Waals surface area contributed by atoms with E-state index in [1.54, 1.807) is 7.11 Å². The molecule has 5 heteroatoms. The molecule has 0 aromatic heterocycles. The summed E-state index contributed by atoms with van der Waals surface area (Å²) in [4.78, 5) is 10.7. The minimum Gasteiger partial charge on any atom is -0.380 e. The van der Waals surface area contributed by atoms with Gasteiger partial charge in [-0.2, -0.15) is 0 Å². The third-order valence-corrected chi connectivity index (χ3v) is 2.46. The van der Waals surface area contributed by atoms with Crippen LogP contribution in [0.15, 0.2) is 24.3 Å². The fraction of sp³-hybridized carbons (Fsp3) is 0.417. The normalized spacial score (nSPS) is 12.4. The Morgan fingerprint density at radius 3 is 2.65 bits per heavy atom. The third-order valence-electron chi connectivity index (χ3n) is 2.46. The Balaban J connectivity index is 2.48. The van der Waals surface area contributed by atoms with Gasteiger partial charge in [0.1, 0.15) is 0 Å². The zero-order valence-corrected chi connectivity index (χ0v) is 9.98. The van der Waals surface area contributed by atoms with E-state index in [0.717, 1.165) is 11.1 Å². The molecule has 1 rings (SSSR count). The lowest BCUT2D eigenvalue weighted by atomic mass is 10.1. The number of nitrogens with one attached hydrogen (secondary N) is 1. The fourth-order valence-corrected chi connectivity index (χ4v) is 1.49. The first-order valence-electron chi connectivity index (χ1n) is 5.46. The van der Waals surface area contributed by atoms with Crippen molar-refractivity contribution < 1.29 is 9.53 Å². The summed E-state index contributed by atoms with van der Waals surface area (Å²) in [6.07, 6.45) is 0. The number of primary amides is 1. The van der Waals surface area contributed by atoms with Crippen LogP contribution in [0.3, 0.4) is 0 Å². The van der Waals surface area contributed by atoms with Gasteiger partial charge in [-0.05, 0) is 11.1 Å². The number of ether oxygens (including phenoxy) is 1. The highest BCUT2D eigenvalue weighted by Crippen LogP contribution is 2.09. The van der Waals surface area contributed by atoms with Crippen LogP contribution < -0.4 is 16.8 Å². The summed E-state index contributed by atoms with van der Waals surface area (Å²) < 4.78 is 5.11. The summed E-state index contributed by atoms with van der Waals surface area (Å²) in [7, 11) is 1.66. The molecule has 1 atom stereocenters. The summed E-state index contributed by atoms with van der Waals surface area (Å²) in [5.41, 5.74) is 12.8. The third kappa shape index (κ3) is 4.52. The van der Waals surface area contributed by atoms with E-state index >= 15 is 0 Å². The van der Waals surface area contributed by atoms with Gasteiger partial charge in [0.15, 0.2) is 0 Å². The predicted molar refractivity (Wildman–Crippen MR) is 66.0 cm³/mol. The van der Waals surface area contributed by atoms with Crippen LogP contribution in [0.4, 0.5) is 0 Å². The average Bonchev–Trinajstić information content (AvgIpc) is 2.31. The van der Waals surface area contributed by atoms with Gasteiger partial charge in [0.2, 0.25) is 5.91 Å². The maximum absolute atomic E-state index is 10.7. The summed E-state index contributed by atoms with van der Waals surface area (Å²) in [6, 6.07) is 7.30. The fourth-order valence-electron chi connectivity index (χ4n) is 1.49. The first-order valence-corrected chi connectivity index (χ1v) is 5.46. The van der Waals surface area contributed by atoms with Crippen molar-refractivity contribution in [2.24, 2.45) is 11.5 Å². The molecule has 0 aliphatic heterocycles. The molecule has 1 aromatic rings. The van der Waals surface area contributed by atoms with Gasteiger partial charge in [-0.15, -0.1) is 0 Å². The van der Waals surface area contributed by atoms with E-state index in [9.17, 15) is 4.79 Å². The molecule has 0 bridgehead atoms. The van der Waals surface area contributed by atoms with Gasteiger partial charge in [0.25, 0.3) is 0 Å². The molecule has 5 nitrogen and oxygen atoms in total.